The van der Waals surface area contributed by atoms with Gasteiger partial charge < -0.3 is 15.4 Å². The lowest BCUT2D eigenvalue weighted by Gasteiger charge is -2.35. The van der Waals surface area contributed by atoms with Crippen LogP contribution in [0, 0.1) is 11.7 Å². The highest BCUT2D eigenvalue weighted by atomic mass is 19.1. The van der Waals surface area contributed by atoms with Crippen LogP contribution in [0.3, 0.4) is 0 Å². The van der Waals surface area contributed by atoms with E-state index in [1.54, 1.807) is 12.1 Å². The molecule has 168 valence electrons. The Bertz CT molecular complexity index is 983. The Morgan fingerprint density at radius 2 is 1.78 bits per heavy atom. The van der Waals surface area contributed by atoms with Crippen LogP contribution in [0.5, 0.6) is 0 Å². The number of nitrogens with one attached hydrogen (secondary N) is 2. The normalized spacial score (nSPS) is 19.9. The number of esters is 1. The zero-order valence-corrected chi connectivity index (χ0v) is 18.1. The first-order chi connectivity index (χ1) is 15.5. The molecule has 0 unspecified atom stereocenters. The Labute approximate surface area is 187 Å². The number of carbonyl (C=O) groups excluding carboxylic acids is 2. The number of piperidine rings is 1. The molecule has 2 aromatic carbocycles. The molecule has 2 amide bonds. The lowest BCUT2D eigenvalue weighted by atomic mass is 9.89. The average Bonchev–Trinajstić information content (AvgIpc) is 2.81. The molecular weight excluding hydrogens is 409 g/mol. The van der Waals surface area contributed by atoms with Crippen LogP contribution in [0.25, 0.3) is 0 Å². The number of likely N-dealkylation sites (tertiary alicyclic amines) is 1. The van der Waals surface area contributed by atoms with Crippen molar-refractivity contribution in [1.82, 2.24) is 15.5 Å². The summed E-state index contributed by atoms with van der Waals surface area (Å²) in [5.74, 6) is -0.269. The number of urea groups is 1. The monoisotopic (exact) mass is 437 g/mol. The van der Waals surface area contributed by atoms with Crippen molar-refractivity contribution in [3.8, 4) is 0 Å². The van der Waals surface area contributed by atoms with E-state index in [1.165, 1.54) is 24.8 Å². The van der Waals surface area contributed by atoms with E-state index >= 15 is 0 Å². The number of ether oxygens (including phenoxy) is 1. The molecule has 4 rings (SSSR count). The van der Waals surface area contributed by atoms with Gasteiger partial charge in [-0.15, -0.1) is 0 Å². The molecule has 1 fully saturated rings. The summed E-state index contributed by atoms with van der Waals surface area (Å²) in [6.07, 6.45) is 3.19. The summed E-state index contributed by atoms with van der Waals surface area (Å²) >= 11 is 0. The molecule has 1 saturated heterocycles. The second-order valence-electron chi connectivity index (χ2n) is 8.38. The van der Waals surface area contributed by atoms with E-state index in [2.05, 4.69) is 39.8 Å². The van der Waals surface area contributed by atoms with Gasteiger partial charge in [-0.25, -0.2) is 14.0 Å². The van der Waals surface area contributed by atoms with Gasteiger partial charge in [-0.3, -0.25) is 4.90 Å². The summed E-state index contributed by atoms with van der Waals surface area (Å²) in [7, 11) is 1.32. The number of rotatable bonds is 6. The molecule has 2 aliphatic rings. The molecule has 0 aliphatic carbocycles. The number of carbonyl (C=O) groups is 2. The third-order valence-electron chi connectivity index (χ3n) is 6.22. The van der Waals surface area contributed by atoms with Crippen molar-refractivity contribution < 1.29 is 18.7 Å². The Hall–Kier alpha value is -3.19. The minimum absolute atomic E-state index is 0.352. The molecule has 2 aliphatic heterocycles. The SMILES string of the molecule is COC(=O)C1=C(CN2CCC(Cc3ccccc3)CC2)NC(=O)N[C@H]1c1ccc(F)cc1. The van der Waals surface area contributed by atoms with E-state index in [0.717, 1.165) is 32.4 Å². The molecule has 0 radical (unpaired) electrons. The van der Waals surface area contributed by atoms with Crippen molar-refractivity contribution in [3.63, 3.8) is 0 Å². The number of hydrogen-bond acceptors (Lipinski definition) is 4. The maximum atomic E-state index is 13.4. The summed E-state index contributed by atoms with van der Waals surface area (Å²) in [6, 6.07) is 15.2. The van der Waals surface area contributed by atoms with E-state index in [-0.39, 0.29) is 11.8 Å². The molecular formula is C25H28FN3O3. The zero-order valence-electron chi connectivity index (χ0n) is 18.1. The van der Waals surface area contributed by atoms with E-state index in [0.29, 0.717) is 29.3 Å². The van der Waals surface area contributed by atoms with Crippen LogP contribution in [0.1, 0.15) is 30.0 Å². The third-order valence-corrected chi connectivity index (χ3v) is 6.22. The average molecular weight is 438 g/mol. The molecule has 2 N–H and O–H groups in total. The van der Waals surface area contributed by atoms with Crippen LogP contribution in [0.15, 0.2) is 65.9 Å². The first-order valence-electron chi connectivity index (χ1n) is 10.9. The largest absolute Gasteiger partial charge is 0.466 e. The fourth-order valence-corrected chi connectivity index (χ4v) is 4.52. The van der Waals surface area contributed by atoms with Crippen molar-refractivity contribution in [3.05, 3.63) is 82.8 Å². The Balaban J connectivity index is 1.49. The summed E-state index contributed by atoms with van der Waals surface area (Å²) in [5, 5.41) is 5.57. The first kappa shape index (κ1) is 22.0. The molecule has 7 heteroatoms. The van der Waals surface area contributed by atoms with E-state index in [4.69, 9.17) is 4.74 Å². The van der Waals surface area contributed by atoms with Gasteiger partial charge in [-0.2, -0.15) is 0 Å². The Morgan fingerprint density at radius 3 is 2.44 bits per heavy atom. The molecule has 32 heavy (non-hydrogen) atoms. The highest BCUT2D eigenvalue weighted by Crippen LogP contribution is 2.29. The molecule has 0 saturated carbocycles. The fourth-order valence-electron chi connectivity index (χ4n) is 4.52. The van der Waals surface area contributed by atoms with Gasteiger partial charge in [0.1, 0.15) is 5.82 Å². The lowest BCUT2D eigenvalue weighted by Crippen LogP contribution is -2.49. The van der Waals surface area contributed by atoms with Gasteiger partial charge in [0, 0.05) is 12.2 Å². The number of nitrogens with zero attached hydrogens (tertiary/aromatic N) is 1. The quantitative estimate of drug-likeness (QED) is 0.678. The molecule has 1 atom stereocenters. The molecule has 6 nitrogen and oxygen atoms in total. The fraction of sp³-hybridized carbons (Fsp3) is 0.360. The van der Waals surface area contributed by atoms with Gasteiger partial charge in [-0.1, -0.05) is 42.5 Å². The number of hydrogen-bond donors (Lipinski definition) is 2. The Kier molecular flexibility index (Phi) is 6.85. The third kappa shape index (κ3) is 5.16. The van der Waals surface area contributed by atoms with Gasteiger partial charge in [0.2, 0.25) is 0 Å². The maximum absolute atomic E-state index is 13.4. The Morgan fingerprint density at radius 1 is 1.09 bits per heavy atom. The topological polar surface area (TPSA) is 70.7 Å². The van der Waals surface area contributed by atoms with Gasteiger partial charge in [0.05, 0.1) is 18.7 Å². The van der Waals surface area contributed by atoms with Crippen LogP contribution in [0.2, 0.25) is 0 Å². The smallest absolute Gasteiger partial charge is 0.338 e. The van der Waals surface area contributed by atoms with Gasteiger partial charge in [-0.05, 0) is 61.5 Å². The molecule has 0 aromatic heterocycles. The van der Waals surface area contributed by atoms with Gasteiger partial charge >= 0.3 is 12.0 Å². The second kappa shape index (κ2) is 9.96. The van der Waals surface area contributed by atoms with Gasteiger partial charge in [0.15, 0.2) is 0 Å². The number of methoxy groups -OCH3 is 1. The molecule has 2 aromatic rings. The second-order valence-corrected chi connectivity index (χ2v) is 8.38. The minimum Gasteiger partial charge on any atom is -0.466 e. The predicted octanol–water partition coefficient (Wildman–Crippen LogP) is 3.56. The predicted molar refractivity (Wildman–Crippen MR) is 119 cm³/mol. The van der Waals surface area contributed by atoms with Crippen molar-refractivity contribution >= 4 is 12.0 Å². The minimum atomic E-state index is -0.692. The van der Waals surface area contributed by atoms with Crippen molar-refractivity contribution in [2.24, 2.45) is 5.92 Å². The van der Waals surface area contributed by atoms with Crippen LogP contribution < -0.4 is 10.6 Å². The van der Waals surface area contributed by atoms with Crippen LogP contribution in [-0.2, 0) is 16.0 Å². The number of amides is 2. The summed E-state index contributed by atoms with van der Waals surface area (Å²) in [4.78, 5) is 27.3. The number of halogens is 1. The van der Waals surface area contributed by atoms with Gasteiger partial charge in [0.25, 0.3) is 0 Å². The van der Waals surface area contributed by atoms with E-state index in [1.807, 2.05) is 6.07 Å². The van der Waals surface area contributed by atoms with Crippen LogP contribution >= 0.6 is 0 Å². The van der Waals surface area contributed by atoms with Crippen molar-refractivity contribution in [2.45, 2.75) is 25.3 Å². The van der Waals surface area contributed by atoms with Crippen molar-refractivity contribution in [1.29, 1.82) is 0 Å². The summed E-state index contributed by atoms with van der Waals surface area (Å²) in [5.41, 5.74) is 2.87. The molecule has 0 spiro atoms. The first-order valence-corrected chi connectivity index (χ1v) is 10.9. The zero-order chi connectivity index (χ0) is 22.5. The van der Waals surface area contributed by atoms with Crippen molar-refractivity contribution in [2.75, 3.05) is 26.7 Å². The highest BCUT2D eigenvalue weighted by Gasteiger charge is 2.34. The van der Waals surface area contributed by atoms with Crippen LogP contribution in [-0.4, -0.2) is 43.6 Å². The van der Waals surface area contributed by atoms with Crippen LogP contribution in [0.4, 0.5) is 9.18 Å². The van der Waals surface area contributed by atoms with E-state index in [9.17, 15) is 14.0 Å². The maximum Gasteiger partial charge on any atom is 0.338 e. The highest BCUT2D eigenvalue weighted by molar-refractivity contribution is 5.95. The lowest BCUT2D eigenvalue weighted by molar-refractivity contribution is -0.136. The molecule has 0 bridgehead atoms. The summed E-state index contributed by atoms with van der Waals surface area (Å²) in [6.45, 7) is 2.23. The molecule has 2 heterocycles. The summed E-state index contributed by atoms with van der Waals surface area (Å²) < 4.78 is 18.4. The number of benzene rings is 2. The van der Waals surface area contributed by atoms with E-state index < -0.39 is 12.0 Å². The standard InChI is InChI=1S/C25H28FN3O3/c1-32-24(30)22-21(27-25(31)28-23(22)19-7-9-20(26)10-8-19)16-29-13-11-18(12-14-29)15-17-5-3-2-4-6-17/h2-10,18,23H,11-16H2,1H3,(H2,27,28,31)/t23-/m0/s1.